The summed E-state index contributed by atoms with van der Waals surface area (Å²) in [5.74, 6) is -1.78. The minimum absolute atomic E-state index is 0.0281. The maximum atomic E-state index is 11.9. The van der Waals surface area contributed by atoms with Gasteiger partial charge in [0.15, 0.2) is 6.04 Å². The fraction of sp³-hybridized carbons (Fsp3) is 0.167. The summed E-state index contributed by atoms with van der Waals surface area (Å²) in [6, 6.07) is 13.4. The molecule has 7 nitrogen and oxygen atoms in total. The zero-order chi connectivity index (χ0) is 18.2. The van der Waals surface area contributed by atoms with Crippen LogP contribution in [-0.2, 0) is 20.9 Å². The molecule has 2 aromatic carbocycles. The van der Waals surface area contributed by atoms with Gasteiger partial charge in [-0.2, -0.15) is 0 Å². The highest BCUT2D eigenvalue weighted by atomic mass is 16.5. The predicted octanol–water partition coefficient (Wildman–Crippen LogP) is 2.53. The Morgan fingerprint density at radius 3 is 2.24 bits per heavy atom. The SMILES string of the molecule is COC(=O)c1ccc(C(NC(=O)OCc2ccccc2)C(=O)O)cc1. The number of rotatable bonds is 6. The summed E-state index contributed by atoms with van der Waals surface area (Å²) >= 11 is 0. The summed E-state index contributed by atoms with van der Waals surface area (Å²) in [5, 5.41) is 11.6. The van der Waals surface area contributed by atoms with Crippen molar-refractivity contribution >= 4 is 18.0 Å². The molecule has 0 spiro atoms. The molecule has 0 bridgehead atoms. The van der Waals surface area contributed by atoms with Gasteiger partial charge in [-0.25, -0.2) is 14.4 Å². The molecule has 0 heterocycles. The van der Waals surface area contributed by atoms with Crippen LogP contribution in [0.15, 0.2) is 54.6 Å². The van der Waals surface area contributed by atoms with Gasteiger partial charge in [-0.3, -0.25) is 0 Å². The van der Waals surface area contributed by atoms with Crippen molar-refractivity contribution in [1.29, 1.82) is 0 Å². The molecule has 0 aliphatic carbocycles. The largest absolute Gasteiger partial charge is 0.479 e. The third kappa shape index (κ3) is 5.07. The standard InChI is InChI=1S/C18H17NO6/c1-24-17(22)14-9-7-13(8-10-14)15(16(20)21)19-18(23)25-11-12-5-3-2-4-6-12/h2-10,15H,11H2,1H3,(H,19,23)(H,20,21). The molecule has 2 aromatic rings. The molecule has 1 atom stereocenters. The van der Waals surface area contributed by atoms with E-state index < -0.39 is 24.1 Å². The molecule has 0 aliphatic heterocycles. The summed E-state index contributed by atoms with van der Waals surface area (Å²) in [7, 11) is 1.25. The molecule has 2 N–H and O–H groups in total. The van der Waals surface area contributed by atoms with E-state index in [1.54, 1.807) is 24.3 Å². The number of aliphatic carboxylic acids is 1. The number of nitrogens with one attached hydrogen (secondary N) is 1. The Bertz CT molecular complexity index is 742. The average molecular weight is 343 g/mol. The van der Waals surface area contributed by atoms with E-state index in [0.29, 0.717) is 5.56 Å². The number of benzene rings is 2. The quantitative estimate of drug-likeness (QED) is 0.782. The summed E-state index contributed by atoms with van der Waals surface area (Å²) in [4.78, 5) is 34.7. The molecule has 0 aromatic heterocycles. The first-order valence-electron chi connectivity index (χ1n) is 7.39. The number of hydrogen-bond acceptors (Lipinski definition) is 5. The van der Waals surface area contributed by atoms with E-state index in [1.165, 1.54) is 31.4 Å². The van der Waals surface area contributed by atoms with Crippen LogP contribution in [0.2, 0.25) is 0 Å². The van der Waals surface area contributed by atoms with Crippen LogP contribution < -0.4 is 5.32 Å². The maximum absolute atomic E-state index is 11.9. The van der Waals surface area contributed by atoms with Crippen LogP contribution in [0.4, 0.5) is 4.79 Å². The Hall–Kier alpha value is -3.35. The lowest BCUT2D eigenvalue weighted by Crippen LogP contribution is -2.34. The van der Waals surface area contributed by atoms with Crippen molar-refractivity contribution in [3.05, 3.63) is 71.3 Å². The maximum Gasteiger partial charge on any atom is 0.408 e. The number of ether oxygens (including phenoxy) is 2. The van der Waals surface area contributed by atoms with Gasteiger partial charge < -0.3 is 19.9 Å². The second-order valence-electron chi connectivity index (χ2n) is 5.09. The molecule has 130 valence electrons. The van der Waals surface area contributed by atoms with Crippen LogP contribution >= 0.6 is 0 Å². The van der Waals surface area contributed by atoms with Gasteiger partial charge in [0.25, 0.3) is 0 Å². The van der Waals surface area contributed by atoms with E-state index in [-0.39, 0.29) is 12.2 Å². The number of amides is 1. The molecule has 1 unspecified atom stereocenters. The fourth-order valence-corrected chi connectivity index (χ4v) is 2.10. The summed E-state index contributed by atoms with van der Waals surface area (Å²) in [6.07, 6.45) is -0.853. The minimum atomic E-state index is -1.30. The highest BCUT2D eigenvalue weighted by molar-refractivity contribution is 5.89. The van der Waals surface area contributed by atoms with Gasteiger partial charge in [-0.05, 0) is 23.3 Å². The number of carboxylic acid groups (broad SMARTS) is 1. The van der Waals surface area contributed by atoms with Gasteiger partial charge >= 0.3 is 18.0 Å². The predicted molar refractivity (Wildman–Crippen MR) is 87.9 cm³/mol. The zero-order valence-electron chi connectivity index (χ0n) is 13.5. The molecule has 25 heavy (non-hydrogen) atoms. The highest BCUT2D eigenvalue weighted by Gasteiger charge is 2.23. The Balaban J connectivity index is 2.01. The molecule has 0 radical (unpaired) electrons. The fourth-order valence-electron chi connectivity index (χ4n) is 2.10. The van der Waals surface area contributed by atoms with Crippen molar-refractivity contribution in [3.8, 4) is 0 Å². The smallest absolute Gasteiger partial charge is 0.408 e. The number of alkyl carbamates (subject to hydrolysis) is 1. The van der Waals surface area contributed by atoms with E-state index in [2.05, 4.69) is 10.1 Å². The third-order valence-corrected chi connectivity index (χ3v) is 3.39. The number of methoxy groups -OCH3 is 1. The van der Waals surface area contributed by atoms with Crippen LogP contribution in [0.1, 0.15) is 27.5 Å². The number of hydrogen-bond donors (Lipinski definition) is 2. The first kappa shape index (κ1) is 18.0. The number of carboxylic acids is 1. The van der Waals surface area contributed by atoms with E-state index in [1.807, 2.05) is 6.07 Å². The van der Waals surface area contributed by atoms with Gasteiger partial charge in [0.05, 0.1) is 12.7 Å². The molecule has 0 aliphatic rings. The first-order valence-corrected chi connectivity index (χ1v) is 7.39. The Labute approximate surface area is 144 Å². The topological polar surface area (TPSA) is 102 Å². The summed E-state index contributed by atoms with van der Waals surface area (Å²) < 4.78 is 9.60. The summed E-state index contributed by atoms with van der Waals surface area (Å²) in [6.45, 7) is 0.0281. The minimum Gasteiger partial charge on any atom is -0.479 e. The molecule has 0 saturated carbocycles. The monoisotopic (exact) mass is 343 g/mol. The second kappa shape index (κ2) is 8.49. The average Bonchev–Trinajstić information content (AvgIpc) is 2.64. The molecular weight excluding hydrogens is 326 g/mol. The molecule has 0 fully saturated rings. The van der Waals surface area contributed by atoms with Crippen molar-refractivity contribution < 1.29 is 29.0 Å². The van der Waals surface area contributed by atoms with E-state index in [0.717, 1.165) is 5.56 Å². The van der Waals surface area contributed by atoms with Gasteiger partial charge in [-0.1, -0.05) is 42.5 Å². The van der Waals surface area contributed by atoms with Gasteiger partial charge in [0.1, 0.15) is 6.61 Å². The normalized spacial score (nSPS) is 11.2. The van der Waals surface area contributed by atoms with Crippen LogP contribution in [0, 0.1) is 0 Å². The Morgan fingerprint density at radius 1 is 1.04 bits per heavy atom. The van der Waals surface area contributed by atoms with Crippen LogP contribution in [0.5, 0.6) is 0 Å². The lowest BCUT2D eigenvalue weighted by Gasteiger charge is -2.15. The molecular formula is C18H17NO6. The van der Waals surface area contributed by atoms with Crippen molar-refractivity contribution in [1.82, 2.24) is 5.32 Å². The molecule has 2 rings (SSSR count). The second-order valence-corrected chi connectivity index (χ2v) is 5.09. The van der Waals surface area contributed by atoms with E-state index in [4.69, 9.17) is 4.74 Å². The van der Waals surface area contributed by atoms with Crippen molar-refractivity contribution in [3.63, 3.8) is 0 Å². The Morgan fingerprint density at radius 2 is 1.68 bits per heavy atom. The number of esters is 1. The third-order valence-electron chi connectivity index (χ3n) is 3.39. The van der Waals surface area contributed by atoms with Crippen molar-refractivity contribution in [2.24, 2.45) is 0 Å². The van der Waals surface area contributed by atoms with Crippen LogP contribution in [0.3, 0.4) is 0 Å². The molecule has 1 amide bonds. The lowest BCUT2D eigenvalue weighted by molar-refractivity contribution is -0.139. The molecule has 7 heteroatoms. The number of carbonyl (C=O) groups is 3. The van der Waals surface area contributed by atoms with Crippen molar-refractivity contribution in [2.75, 3.05) is 7.11 Å². The first-order chi connectivity index (χ1) is 12.0. The number of carbonyl (C=O) groups excluding carboxylic acids is 2. The van der Waals surface area contributed by atoms with E-state index in [9.17, 15) is 19.5 Å². The lowest BCUT2D eigenvalue weighted by atomic mass is 10.1. The highest BCUT2D eigenvalue weighted by Crippen LogP contribution is 2.15. The van der Waals surface area contributed by atoms with E-state index >= 15 is 0 Å². The molecule has 0 saturated heterocycles. The van der Waals surface area contributed by atoms with Crippen LogP contribution in [-0.4, -0.2) is 30.2 Å². The van der Waals surface area contributed by atoms with Gasteiger partial charge in [0, 0.05) is 0 Å². The summed E-state index contributed by atoms with van der Waals surface area (Å²) in [5.41, 5.74) is 1.37. The van der Waals surface area contributed by atoms with Crippen LogP contribution in [0.25, 0.3) is 0 Å². The van der Waals surface area contributed by atoms with Gasteiger partial charge in [0.2, 0.25) is 0 Å². The Kier molecular flexibility index (Phi) is 6.11. The van der Waals surface area contributed by atoms with Gasteiger partial charge in [-0.15, -0.1) is 0 Å². The van der Waals surface area contributed by atoms with Crippen molar-refractivity contribution in [2.45, 2.75) is 12.6 Å². The zero-order valence-corrected chi connectivity index (χ0v) is 13.5.